The Bertz CT molecular complexity index is 193. The standard InChI is InChI=1S/C6H12N4/c1-2-5-10-6(9-7)3-4-8-10/h3-4,9H,2,5,7H2,1H3. The lowest BCUT2D eigenvalue weighted by Crippen LogP contribution is -2.12. The SMILES string of the molecule is CCCn1nccc1NN. The summed E-state index contributed by atoms with van der Waals surface area (Å²) in [5.41, 5.74) is 2.56. The van der Waals surface area contributed by atoms with Crippen LogP contribution >= 0.6 is 0 Å². The average molecular weight is 140 g/mol. The zero-order valence-corrected chi connectivity index (χ0v) is 6.04. The summed E-state index contributed by atoms with van der Waals surface area (Å²) in [7, 11) is 0. The number of aryl methyl sites for hydroxylation is 1. The molecule has 0 radical (unpaired) electrons. The maximum atomic E-state index is 5.21. The van der Waals surface area contributed by atoms with Crippen molar-refractivity contribution in [3.63, 3.8) is 0 Å². The van der Waals surface area contributed by atoms with E-state index < -0.39 is 0 Å². The molecule has 0 aromatic carbocycles. The van der Waals surface area contributed by atoms with Crippen molar-refractivity contribution >= 4 is 5.82 Å². The van der Waals surface area contributed by atoms with E-state index in [1.54, 1.807) is 6.20 Å². The van der Waals surface area contributed by atoms with Gasteiger partial charge >= 0.3 is 0 Å². The van der Waals surface area contributed by atoms with E-state index >= 15 is 0 Å². The number of nitrogen functional groups attached to an aromatic ring is 1. The van der Waals surface area contributed by atoms with Crippen molar-refractivity contribution in [2.75, 3.05) is 5.43 Å². The quantitative estimate of drug-likeness (QED) is 0.477. The normalized spacial score (nSPS) is 9.80. The van der Waals surface area contributed by atoms with E-state index in [0.717, 1.165) is 18.8 Å². The van der Waals surface area contributed by atoms with Gasteiger partial charge in [0, 0.05) is 12.6 Å². The van der Waals surface area contributed by atoms with Crippen LogP contribution in [0.4, 0.5) is 5.82 Å². The molecule has 1 rings (SSSR count). The molecule has 4 heteroatoms. The lowest BCUT2D eigenvalue weighted by molar-refractivity contribution is 0.608. The van der Waals surface area contributed by atoms with Crippen LogP contribution in [0.15, 0.2) is 12.3 Å². The van der Waals surface area contributed by atoms with Crippen molar-refractivity contribution in [3.05, 3.63) is 12.3 Å². The fraction of sp³-hybridized carbons (Fsp3) is 0.500. The molecule has 10 heavy (non-hydrogen) atoms. The molecule has 56 valence electrons. The monoisotopic (exact) mass is 140 g/mol. The van der Waals surface area contributed by atoms with Crippen LogP contribution in [-0.4, -0.2) is 9.78 Å². The fourth-order valence-corrected chi connectivity index (χ4v) is 0.845. The molecule has 0 atom stereocenters. The molecule has 0 aliphatic heterocycles. The minimum Gasteiger partial charge on any atom is -0.309 e. The summed E-state index contributed by atoms with van der Waals surface area (Å²) in [6, 6.07) is 1.84. The number of anilines is 1. The van der Waals surface area contributed by atoms with Gasteiger partial charge in [-0.3, -0.25) is 0 Å². The smallest absolute Gasteiger partial charge is 0.138 e. The minimum atomic E-state index is 0.863. The fourth-order valence-electron chi connectivity index (χ4n) is 0.845. The van der Waals surface area contributed by atoms with Crippen LogP contribution in [0.25, 0.3) is 0 Å². The van der Waals surface area contributed by atoms with E-state index in [0.29, 0.717) is 0 Å². The molecule has 0 aliphatic carbocycles. The van der Waals surface area contributed by atoms with E-state index in [2.05, 4.69) is 17.4 Å². The minimum absolute atomic E-state index is 0.863. The highest BCUT2D eigenvalue weighted by Gasteiger charge is 1.95. The maximum absolute atomic E-state index is 5.21. The molecule has 0 spiro atoms. The second-order valence-corrected chi connectivity index (χ2v) is 2.08. The van der Waals surface area contributed by atoms with Gasteiger partial charge in [0.15, 0.2) is 0 Å². The highest BCUT2D eigenvalue weighted by molar-refractivity contribution is 5.31. The molecule has 0 unspecified atom stereocenters. The molecule has 0 bridgehead atoms. The van der Waals surface area contributed by atoms with Crippen molar-refractivity contribution in [1.82, 2.24) is 9.78 Å². The molecule has 1 heterocycles. The largest absolute Gasteiger partial charge is 0.309 e. The van der Waals surface area contributed by atoms with Crippen molar-refractivity contribution in [2.45, 2.75) is 19.9 Å². The predicted octanol–water partition coefficient (Wildman–Crippen LogP) is 0.579. The molecule has 4 nitrogen and oxygen atoms in total. The summed E-state index contributed by atoms with van der Waals surface area (Å²) < 4.78 is 1.83. The first-order valence-electron chi connectivity index (χ1n) is 3.37. The number of hydrazine groups is 1. The third-order valence-corrected chi connectivity index (χ3v) is 1.30. The van der Waals surface area contributed by atoms with E-state index in [4.69, 9.17) is 5.84 Å². The zero-order valence-electron chi connectivity index (χ0n) is 6.04. The second-order valence-electron chi connectivity index (χ2n) is 2.08. The van der Waals surface area contributed by atoms with Gasteiger partial charge < -0.3 is 5.43 Å². The van der Waals surface area contributed by atoms with Gasteiger partial charge in [0.25, 0.3) is 0 Å². The third kappa shape index (κ3) is 1.27. The van der Waals surface area contributed by atoms with E-state index in [1.165, 1.54) is 0 Å². The van der Waals surface area contributed by atoms with Crippen LogP contribution in [0.3, 0.4) is 0 Å². The molecule has 1 aromatic rings. The number of nitrogens with one attached hydrogen (secondary N) is 1. The van der Waals surface area contributed by atoms with Crippen molar-refractivity contribution in [3.8, 4) is 0 Å². The Labute approximate surface area is 60.0 Å². The van der Waals surface area contributed by atoms with Gasteiger partial charge in [-0.25, -0.2) is 10.5 Å². The first-order chi connectivity index (χ1) is 4.88. The summed E-state index contributed by atoms with van der Waals surface area (Å²) in [5, 5.41) is 4.05. The highest BCUT2D eigenvalue weighted by atomic mass is 15.4. The van der Waals surface area contributed by atoms with Gasteiger partial charge in [0.05, 0.1) is 6.20 Å². The lowest BCUT2D eigenvalue weighted by Gasteiger charge is -2.02. The molecule has 0 amide bonds. The Kier molecular flexibility index (Phi) is 2.28. The van der Waals surface area contributed by atoms with Gasteiger partial charge in [-0.05, 0) is 6.42 Å². The third-order valence-electron chi connectivity index (χ3n) is 1.30. The summed E-state index contributed by atoms with van der Waals surface area (Å²) in [6.07, 6.45) is 2.79. The van der Waals surface area contributed by atoms with Gasteiger partial charge in [-0.1, -0.05) is 6.92 Å². The molecule has 0 fully saturated rings. The molecule has 1 aromatic heterocycles. The Morgan fingerprint density at radius 3 is 3.20 bits per heavy atom. The van der Waals surface area contributed by atoms with Gasteiger partial charge in [0.1, 0.15) is 5.82 Å². The number of nitrogens with two attached hydrogens (primary N) is 1. The highest BCUT2D eigenvalue weighted by Crippen LogP contribution is 2.03. The molecular formula is C6H12N4. The molecule has 0 aliphatic rings. The van der Waals surface area contributed by atoms with Crippen LogP contribution in [0.1, 0.15) is 13.3 Å². The second kappa shape index (κ2) is 3.22. The predicted molar refractivity (Wildman–Crippen MR) is 40.3 cm³/mol. The van der Waals surface area contributed by atoms with Crippen molar-refractivity contribution in [2.24, 2.45) is 5.84 Å². The Balaban J connectivity index is 2.70. The summed E-state index contributed by atoms with van der Waals surface area (Å²) >= 11 is 0. The number of rotatable bonds is 3. The first kappa shape index (κ1) is 7.08. The van der Waals surface area contributed by atoms with Crippen molar-refractivity contribution < 1.29 is 0 Å². The maximum Gasteiger partial charge on any atom is 0.138 e. The average Bonchev–Trinajstić information content (AvgIpc) is 2.36. The Morgan fingerprint density at radius 1 is 1.80 bits per heavy atom. The van der Waals surface area contributed by atoms with Crippen LogP contribution in [0.5, 0.6) is 0 Å². The lowest BCUT2D eigenvalue weighted by atomic mass is 10.5. The van der Waals surface area contributed by atoms with Crippen LogP contribution in [-0.2, 0) is 6.54 Å². The molecule has 0 saturated carbocycles. The Morgan fingerprint density at radius 2 is 2.60 bits per heavy atom. The first-order valence-corrected chi connectivity index (χ1v) is 3.37. The zero-order chi connectivity index (χ0) is 7.40. The summed E-state index contributed by atoms with van der Waals surface area (Å²) in [5.74, 6) is 6.08. The van der Waals surface area contributed by atoms with E-state index in [9.17, 15) is 0 Å². The summed E-state index contributed by atoms with van der Waals surface area (Å²) in [4.78, 5) is 0. The summed E-state index contributed by atoms with van der Waals surface area (Å²) in [6.45, 7) is 3.01. The van der Waals surface area contributed by atoms with E-state index in [-0.39, 0.29) is 0 Å². The Hall–Kier alpha value is -1.03. The number of hydrogen-bond acceptors (Lipinski definition) is 3. The molecular weight excluding hydrogens is 128 g/mol. The number of hydrogen-bond donors (Lipinski definition) is 2. The number of nitrogens with zero attached hydrogens (tertiary/aromatic N) is 2. The van der Waals surface area contributed by atoms with Crippen LogP contribution in [0.2, 0.25) is 0 Å². The van der Waals surface area contributed by atoms with Crippen LogP contribution in [0, 0.1) is 0 Å². The topological polar surface area (TPSA) is 55.9 Å². The van der Waals surface area contributed by atoms with Crippen LogP contribution < -0.4 is 11.3 Å². The number of aromatic nitrogens is 2. The van der Waals surface area contributed by atoms with E-state index in [1.807, 2.05) is 10.7 Å². The van der Waals surface area contributed by atoms with Gasteiger partial charge in [0.2, 0.25) is 0 Å². The molecule has 0 saturated heterocycles. The molecule has 3 N–H and O–H groups in total. The van der Waals surface area contributed by atoms with Gasteiger partial charge in [-0.15, -0.1) is 0 Å². The van der Waals surface area contributed by atoms with Gasteiger partial charge in [-0.2, -0.15) is 5.10 Å². The van der Waals surface area contributed by atoms with Crippen molar-refractivity contribution in [1.29, 1.82) is 0 Å².